The Morgan fingerprint density at radius 2 is 2.27 bits per heavy atom. The Morgan fingerprint density at radius 3 is 3.04 bits per heavy atom. The Labute approximate surface area is 153 Å². The average molecular weight is 380 g/mol. The Morgan fingerprint density at radius 1 is 1.46 bits per heavy atom. The van der Waals surface area contributed by atoms with Crippen molar-refractivity contribution < 1.29 is 17.9 Å². The number of hydrogen-bond donors (Lipinski definition) is 2. The second-order valence-electron chi connectivity index (χ2n) is 6.68. The van der Waals surface area contributed by atoms with Gasteiger partial charge in [-0.25, -0.2) is 0 Å². The van der Waals surface area contributed by atoms with Gasteiger partial charge in [0.1, 0.15) is 11.5 Å². The minimum absolute atomic E-state index is 0.0758. The average Bonchev–Trinajstić information content (AvgIpc) is 2.58. The highest BCUT2D eigenvalue weighted by Gasteiger charge is 2.26. The number of carbonyl (C=O) groups excluding carboxylic acids is 1. The van der Waals surface area contributed by atoms with Crippen molar-refractivity contribution in [3.63, 3.8) is 0 Å². The maximum Gasteiger partial charge on any atom is 0.344 e. The van der Waals surface area contributed by atoms with E-state index in [4.69, 9.17) is 10.5 Å². The van der Waals surface area contributed by atoms with Crippen LogP contribution in [-0.4, -0.2) is 51.2 Å². The summed E-state index contributed by atoms with van der Waals surface area (Å²) in [4.78, 5) is 13.8. The molecule has 0 spiro atoms. The van der Waals surface area contributed by atoms with Gasteiger partial charge in [0.25, 0.3) is 0 Å². The van der Waals surface area contributed by atoms with E-state index in [1.807, 2.05) is 6.92 Å². The maximum absolute atomic E-state index is 11.7. The molecule has 3 N–H and O–H groups in total. The molecular formula is C17H24N4O4S. The zero-order chi connectivity index (χ0) is 18.7. The van der Waals surface area contributed by atoms with Gasteiger partial charge in [-0.1, -0.05) is 13.0 Å². The molecule has 0 aliphatic carbocycles. The van der Waals surface area contributed by atoms with E-state index in [0.717, 1.165) is 25.9 Å². The lowest BCUT2D eigenvalue weighted by Crippen LogP contribution is -2.40. The number of amidine groups is 1. The van der Waals surface area contributed by atoms with E-state index in [2.05, 4.69) is 14.0 Å². The highest BCUT2D eigenvalue weighted by Crippen LogP contribution is 2.31. The van der Waals surface area contributed by atoms with Crippen molar-refractivity contribution in [2.75, 3.05) is 31.0 Å². The molecule has 9 heteroatoms. The van der Waals surface area contributed by atoms with Gasteiger partial charge in [-0.05, 0) is 31.5 Å². The van der Waals surface area contributed by atoms with Crippen LogP contribution in [0.3, 0.4) is 0 Å². The fourth-order valence-electron chi connectivity index (χ4n) is 3.34. The van der Waals surface area contributed by atoms with Crippen molar-refractivity contribution >= 4 is 27.5 Å². The smallest absolute Gasteiger partial charge is 0.344 e. The fraction of sp³-hybridized carbons (Fsp3) is 0.529. The van der Waals surface area contributed by atoms with Crippen LogP contribution < -0.4 is 15.2 Å². The normalized spacial score (nSPS) is 22.0. The first-order valence-corrected chi connectivity index (χ1v) is 10.2. The Hall–Kier alpha value is -2.13. The van der Waals surface area contributed by atoms with Gasteiger partial charge in [-0.2, -0.15) is 8.42 Å². The highest BCUT2D eigenvalue weighted by molar-refractivity contribution is 7.91. The highest BCUT2D eigenvalue weighted by atomic mass is 32.2. The topological polar surface area (TPSA) is 114 Å². The number of nitrogens with two attached hydrogens (primary N) is 1. The lowest BCUT2D eigenvalue weighted by molar-refractivity contribution is -0.120. The number of Topliss-reactive ketones (excluding diaryl/α,β-unsaturated/α-hetero) is 1. The molecule has 2 heterocycles. The predicted octanol–water partition coefficient (Wildman–Crippen LogP) is 1.13. The number of nitrogens with zero attached hydrogens (tertiary/aromatic N) is 2. The van der Waals surface area contributed by atoms with Gasteiger partial charge < -0.3 is 10.5 Å². The second-order valence-corrected chi connectivity index (χ2v) is 8.02. The number of benzene rings is 1. The number of hydrogen-bond acceptors (Lipinski definition) is 6. The van der Waals surface area contributed by atoms with E-state index >= 15 is 0 Å². The molecule has 0 aromatic heterocycles. The molecule has 0 amide bonds. The van der Waals surface area contributed by atoms with Crippen LogP contribution in [-0.2, 0) is 15.0 Å². The largest absolute Gasteiger partial charge is 0.492 e. The lowest BCUT2D eigenvalue weighted by Gasteiger charge is -2.32. The standard InChI is InChI=1S/C17H24N4O4S/c1-2-13(22)10-21-8-4-5-12(9-21)11-25-15-7-3-6-14-16(15)17(18)20-26(23,24)19-14/h3,6-7,12,19H,2,4-5,8-11H2,1H3,(H2,18,20)/t12-/m0/s1. The van der Waals surface area contributed by atoms with Gasteiger partial charge >= 0.3 is 10.2 Å². The van der Waals surface area contributed by atoms with Crippen molar-refractivity contribution in [3.05, 3.63) is 23.8 Å². The summed E-state index contributed by atoms with van der Waals surface area (Å²) in [7, 11) is -3.80. The molecule has 1 saturated heterocycles. The van der Waals surface area contributed by atoms with Crippen LogP contribution in [0.2, 0.25) is 0 Å². The van der Waals surface area contributed by atoms with E-state index in [9.17, 15) is 13.2 Å². The van der Waals surface area contributed by atoms with E-state index in [0.29, 0.717) is 42.5 Å². The van der Waals surface area contributed by atoms with Gasteiger partial charge in [0.15, 0.2) is 5.84 Å². The zero-order valence-corrected chi connectivity index (χ0v) is 15.6. The van der Waals surface area contributed by atoms with Gasteiger partial charge in [0.2, 0.25) is 0 Å². The number of piperidine rings is 1. The molecule has 1 atom stereocenters. The first-order valence-electron chi connectivity index (χ1n) is 8.76. The van der Waals surface area contributed by atoms with E-state index in [1.54, 1.807) is 18.2 Å². The number of carbonyl (C=O) groups is 1. The molecule has 142 valence electrons. The van der Waals surface area contributed by atoms with Crippen molar-refractivity contribution in [2.45, 2.75) is 26.2 Å². The second kappa shape index (κ2) is 7.63. The summed E-state index contributed by atoms with van der Waals surface area (Å²) in [6.07, 6.45) is 2.62. The van der Waals surface area contributed by atoms with Crippen LogP contribution in [0.15, 0.2) is 22.6 Å². The molecule has 0 radical (unpaired) electrons. The summed E-state index contributed by atoms with van der Waals surface area (Å²) < 4.78 is 35.1. The number of fused-ring (bicyclic) bond motifs is 1. The summed E-state index contributed by atoms with van der Waals surface area (Å²) in [5.41, 5.74) is 6.67. The number of ether oxygens (including phenoxy) is 1. The summed E-state index contributed by atoms with van der Waals surface area (Å²) in [5, 5.41) is 0. The number of ketones is 1. The quantitative estimate of drug-likeness (QED) is 0.765. The summed E-state index contributed by atoms with van der Waals surface area (Å²) in [5.74, 6) is 0.990. The van der Waals surface area contributed by atoms with E-state index in [1.165, 1.54) is 0 Å². The molecule has 1 aromatic carbocycles. The van der Waals surface area contributed by atoms with Crippen LogP contribution in [0.4, 0.5) is 5.69 Å². The number of anilines is 1. The van der Waals surface area contributed by atoms with Crippen LogP contribution in [0.1, 0.15) is 31.7 Å². The zero-order valence-electron chi connectivity index (χ0n) is 14.8. The van der Waals surface area contributed by atoms with Crippen molar-refractivity contribution in [1.82, 2.24) is 4.90 Å². The van der Waals surface area contributed by atoms with Crippen molar-refractivity contribution in [2.24, 2.45) is 16.0 Å². The molecule has 3 rings (SSSR count). The van der Waals surface area contributed by atoms with E-state index in [-0.39, 0.29) is 11.6 Å². The SMILES string of the molecule is CCC(=O)CN1CCC[C@H](COc2cccc3c2C(N)=NS(=O)(=O)N3)C1. The van der Waals surface area contributed by atoms with Gasteiger partial charge in [-0.3, -0.25) is 14.4 Å². The Bertz CT molecular complexity index is 822. The number of rotatable bonds is 6. The first-order chi connectivity index (χ1) is 12.4. The third-order valence-electron chi connectivity index (χ3n) is 4.61. The predicted molar refractivity (Wildman–Crippen MR) is 99.7 cm³/mol. The molecule has 8 nitrogen and oxygen atoms in total. The van der Waals surface area contributed by atoms with Crippen molar-refractivity contribution in [1.29, 1.82) is 0 Å². The number of nitrogens with one attached hydrogen (secondary N) is 1. The van der Waals surface area contributed by atoms with Gasteiger partial charge in [-0.15, -0.1) is 4.40 Å². The molecule has 1 aromatic rings. The molecule has 1 fully saturated rings. The van der Waals surface area contributed by atoms with Gasteiger partial charge in [0, 0.05) is 18.9 Å². The summed E-state index contributed by atoms with van der Waals surface area (Å²) in [6.45, 7) is 4.61. The minimum atomic E-state index is -3.80. The minimum Gasteiger partial charge on any atom is -0.492 e. The molecule has 2 aliphatic heterocycles. The third-order valence-corrected chi connectivity index (χ3v) is 5.53. The Balaban J connectivity index is 1.67. The van der Waals surface area contributed by atoms with Crippen LogP contribution in [0.5, 0.6) is 5.75 Å². The molecule has 26 heavy (non-hydrogen) atoms. The first kappa shape index (κ1) is 18.7. The maximum atomic E-state index is 11.7. The van der Waals surface area contributed by atoms with E-state index < -0.39 is 10.2 Å². The molecule has 0 saturated carbocycles. The summed E-state index contributed by atoms with van der Waals surface area (Å²) in [6, 6.07) is 5.09. The number of likely N-dealkylation sites (tertiary alicyclic amines) is 1. The molecule has 0 bridgehead atoms. The lowest BCUT2D eigenvalue weighted by atomic mass is 9.98. The van der Waals surface area contributed by atoms with Crippen molar-refractivity contribution in [3.8, 4) is 5.75 Å². The molecule has 2 aliphatic rings. The third kappa shape index (κ3) is 4.34. The molecule has 0 unspecified atom stereocenters. The Kier molecular flexibility index (Phi) is 5.47. The molecular weight excluding hydrogens is 356 g/mol. The fourth-order valence-corrected chi connectivity index (χ4v) is 4.18. The monoisotopic (exact) mass is 380 g/mol. The van der Waals surface area contributed by atoms with Gasteiger partial charge in [0.05, 0.1) is 24.4 Å². The summed E-state index contributed by atoms with van der Waals surface area (Å²) >= 11 is 0. The van der Waals surface area contributed by atoms with Crippen LogP contribution >= 0.6 is 0 Å². The van der Waals surface area contributed by atoms with Crippen LogP contribution in [0.25, 0.3) is 0 Å². The van der Waals surface area contributed by atoms with Crippen LogP contribution in [0, 0.1) is 5.92 Å².